The molecule has 0 spiro atoms. The predicted octanol–water partition coefficient (Wildman–Crippen LogP) is 3.18. The molecule has 37 heavy (non-hydrogen) atoms. The van der Waals surface area contributed by atoms with Gasteiger partial charge in [0.1, 0.15) is 6.04 Å². The fourth-order valence-electron chi connectivity index (χ4n) is 4.92. The van der Waals surface area contributed by atoms with Crippen LogP contribution in [0.4, 0.5) is 0 Å². The molecule has 2 aromatic carbocycles. The van der Waals surface area contributed by atoms with Crippen molar-refractivity contribution in [2.75, 3.05) is 5.88 Å². The van der Waals surface area contributed by atoms with Crippen LogP contribution in [0.3, 0.4) is 0 Å². The van der Waals surface area contributed by atoms with Crippen LogP contribution in [0.1, 0.15) is 49.8 Å². The van der Waals surface area contributed by atoms with Crippen LogP contribution >= 0.6 is 11.8 Å². The van der Waals surface area contributed by atoms with Crippen molar-refractivity contribution in [3.8, 4) is 0 Å². The van der Waals surface area contributed by atoms with Crippen LogP contribution in [-0.2, 0) is 27.3 Å². The summed E-state index contributed by atoms with van der Waals surface area (Å²) in [6.45, 7) is 6.24. The number of rotatable bonds is 9. The molecule has 2 aliphatic rings. The summed E-state index contributed by atoms with van der Waals surface area (Å²) in [5, 5.41) is 17.2. The second kappa shape index (κ2) is 11.7. The highest BCUT2D eigenvalue weighted by Gasteiger charge is 2.49. The van der Waals surface area contributed by atoms with Gasteiger partial charge in [-0.05, 0) is 56.7 Å². The molecule has 3 amide bonds. The zero-order valence-corrected chi connectivity index (χ0v) is 22.6. The first kappa shape index (κ1) is 27.2. The molecule has 1 saturated heterocycles. The maximum atomic E-state index is 13.7. The van der Waals surface area contributed by atoms with Crippen LogP contribution < -0.4 is 10.6 Å². The van der Waals surface area contributed by atoms with Gasteiger partial charge in [0.15, 0.2) is 6.10 Å². The smallest absolute Gasteiger partial charge is 0.254 e. The van der Waals surface area contributed by atoms with E-state index in [0.717, 1.165) is 36.0 Å². The summed E-state index contributed by atoms with van der Waals surface area (Å²) in [4.78, 5) is 41.3. The number of hydrogen-bond donors (Lipinski definition) is 3. The van der Waals surface area contributed by atoms with Crippen LogP contribution in [0.5, 0.6) is 0 Å². The first-order chi connectivity index (χ1) is 17.7. The molecule has 1 aliphatic heterocycles. The Hall–Kier alpha value is -2.84. The SMILES string of the molecule is Cc1ccccc1CNC(=O)C1N(C(=O)C(O)C(Cc2ccccc2)NC(=O)C2CCC2)CSC1(C)C. The van der Waals surface area contributed by atoms with Gasteiger partial charge in [-0.3, -0.25) is 14.4 Å². The number of aliphatic hydroxyl groups is 1. The Kier molecular flexibility index (Phi) is 8.60. The van der Waals surface area contributed by atoms with Crippen LogP contribution in [0.2, 0.25) is 0 Å². The molecular weight excluding hydrogens is 486 g/mol. The molecule has 3 unspecified atom stereocenters. The van der Waals surface area contributed by atoms with E-state index >= 15 is 0 Å². The van der Waals surface area contributed by atoms with Gasteiger partial charge in [-0.15, -0.1) is 11.8 Å². The first-order valence-corrected chi connectivity index (χ1v) is 13.9. The molecule has 1 heterocycles. The normalized spacial score (nSPS) is 20.5. The zero-order chi connectivity index (χ0) is 26.6. The molecule has 0 aromatic heterocycles. The van der Waals surface area contributed by atoms with Crippen molar-refractivity contribution in [1.29, 1.82) is 0 Å². The predicted molar refractivity (Wildman–Crippen MR) is 146 cm³/mol. The van der Waals surface area contributed by atoms with Crippen LogP contribution in [-0.4, -0.2) is 56.5 Å². The van der Waals surface area contributed by atoms with Gasteiger partial charge in [0.2, 0.25) is 11.8 Å². The molecule has 3 atom stereocenters. The third kappa shape index (κ3) is 6.36. The molecular formula is C29H37N3O4S. The third-order valence-electron chi connectivity index (χ3n) is 7.53. The number of aryl methyl sites for hydroxylation is 1. The van der Waals surface area contributed by atoms with Crippen molar-refractivity contribution in [2.24, 2.45) is 5.92 Å². The first-order valence-electron chi connectivity index (χ1n) is 13.0. The molecule has 0 bridgehead atoms. The summed E-state index contributed by atoms with van der Waals surface area (Å²) in [7, 11) is 0. The van der Waals surface area contributed by atoms with E-state index in [2.05, 4.69) is 10.6 Å². The highest BCUT2D eigenvalue weighted by molar-refractivity contribution is 8.00. The van der Waals surface area contributed by atoms with Crippen molar-refractivity contribution in [2.45, 2.75) is 75.9 Å². The Balaban J connectivity index is 1.50. The second-order valence-electron chi connectivity index (χ2n) is 10.6. The van der Waals surface area contributed by atoms with Gasteiger partial charge in [0.05, 0.1) is 11.9 Å². The number of nitrogens with zero attached hydrogens (tertiary/aromatic N) is 1. The minimum atomic E-state index is -1.47. The van der Waals surface area contributed by atoms with Gasteiger partial charge < -0.3 is 20.6 Å². The minimum absolute atomic E-state index is 0.0678. The average molecular weight is 524 g/mol. The molecule has 198 valence electrons. The molecule has 8 heteroatoms. The summed E-state index contributed by atoms with van der Waals surface area (Å²) in [5.74, 6) is -0.689. The summed E-state index contributed by atoms with van der Waals surface area (Å²) >= 11 is 1.51. The fraction of sp³-hybridized carbons (Fsp3) is 0.483. The average Bonchev–Trinajstić information content (AvgIpc) is 3.16. The van der Waals surface area contributed by atoms with E-state index in [1.807, 2.05) is 75.4 Å². The van der Waals surface area contributed by atoms with Crippen LogP contribution in [0, 0.1) is 12.8 Å². The van der Waals surface area contributed by atoms with Gasteiger partial charge in [0, 0.05) is 17.2 Å². The summed E-state index contributed by atoms with van der Waals surface area (Å²) < 4.78 is -0.532. The van der Waals surface area contributed by atoms with Gasteiger partial charge in [0.25, 0.3) is 5.91 Å². The molecule has 7 nitrogen and oxygen atoms in total. The molecule has 2 aromatic rings. The number of carbonyl (C=O) groups is 3. The Morgan fingerprint density at radius 1 is 1.05 bits per heavy atom. The van der Waals surface area contributed by atoms with E-state index in [1.165, 1.54) is 16.7 Å². The molecule has 1 aliphatic carbocycles. The lowest BCUT2D eigenvalue weighted by molar-refractivity contribution is -0.148. The number of nitrogens with one attached hydrogen (secondary N) is 2. The van der Waals surface area contributed by atoms with E-state index in [0.29, 0.717) is 18.8 Å². The molecule has 1 saturated carbocycles. The highest BCUT2D eigenvalue weighted by Crippen LogP contribution is 2.40. The molecule has 3 N–H and O–H groups in total. The molecule has 4 rings (SSSR count). The lowest BCUT2D eigenvalue weighted by Gasteiger charge is -2.34. The standard InChI is InChI=1S/C29H37N3O4S/c1-19-10-7-8-13-22(19)17-30-27(35)25-29(2,3)37-18-32(25)28(36)24(33)23(16-20-11-5-4-6-12-20)31-26(34)21-14-9-15-21/h4-8,10-13,21,23-25,33H,9,14-18H2,1-3H3,(H,30,35)(H,31,34). The lowest BCUT2D eigenvalue weighted by Crippen LogP contribution is -2.59. The van der Waals surface area contributed by atoms with Crippen LogP contribution in [0.15, 0.2) is 54.6 Å². The van der Waals surface area contributed by atoms with Crippen molar-refractivity contribution in [1.82, 2.24) is 15.5 Å². The summed E-state index contributed by atoms with van der Waals surface area (Å²) in [6.07, 6.45) is 1.52. The minimum Gasteiger partial charge on any atom is -0.381 e. The van der Waals surface area contributed by atoms with Crippen LogP contribution in [0.25, 0.3) is 0 Å². The van der Waals surface area contributed by atoms with Crippen molar-refractivity contribution >= 4 is 29.5 Å². The quantitative estimate of drug-likeness (QED) is 0.469. The van der Waals surface area contributed by atoms with Crippen molar-refractivity contribution in [3.63, 3.8) is 0 Å². The van der Waals surface area contributed by atoms with Gasteiger partial charge >= 0.3 is 0 Å². The Morgan fingerprint density at radius 3 is 2.38 bits per heavy atom. The highest BCUT2D eigenvalue weighted by atomic mass is 32.2. The summed E-state index contributed by atoms with van der Waals surface area (Å²) in [6, 6.07) is 15.8. The van der Waals surface area contributed by atoms with Crippen molar-refractivity contribution in [3.05, 3.63) is 71.3 Å². The second-order valence-corrected chi connectivity index (χ2v) is 12.2. The van der Waals surface area contributed by atoms with E-state index in [9.17, 15) is 19.5 Å². The number of benzene rings is 2. The Morgan fingerprint density at radius 2 is 1.73 bits per heavy atom. The Bertz CT molecular complexity index is 1120. The van der Waals surface area contributed by atoms with E-state index in [-0.39, 0.29) is 17.7 Å². The topological polar surface area (TPSA) is 98.7 Å². The van der Waals surface area contributed by atoms with Crippen molar-refractivity contribution < 1.29 is 19.5 Å². The third-order valence-corrected chi connectivity index (χ3v) is 8.90. The molecule has 2 fully saturated rings. The summed E-state index contributed by atoms with van der Waals surface area (Å²) in [5.41, 5.74) is 3.01. The zero-order valence-electron chi connectivity index (χ0n) is 21.8. The fourth-order valence-corrected chi connectivity index (χ4v) is 6.06. The van der Waals surface area contributed by atoms with E-state index in [4.69, 9.17) is 0 Å². The van der Waals surface area contributed by atoms with E-state index < -0.39 is 28.8 Å². The molecule has 0 radical (unpaired) electrons. The lowest BCUT2D eigenvalue weighted by atomic mass is 9.84. The monoisotopic (exact) mass is 523 g/mol. The van der Waals surface area contributed by atoms with Gasteiger partial charge in [-0.1, -0.05) is 61.0 Å². The van der Waals surface area contributed by atoms with Gasteiger partial charge in [-0.2, -0.15) is 0 Å². The largest absolute Gasteiger partial charge is 0.381 e. The maximum absolute atomic E-state index is 13.7. The number of amides is 3. The number of carbonyl (C=O) groups excluding carboxylic acids is 3. The number of thioether (sulfide) groups is 1. The van der Waals surface area contributed by atoms with Gasteiger partial charge in [-0.25, -0.2) is 0 Å². The number of aliphatic hydroxyl groups excluding tert-OH is 1. The Labute approximate surface area is 223 Å². The van der Waals surface area contributed by atoms with E-state index in [1.54, 1.807) is 0 Å². The number of hydrogen-bond acceptors (Lipinski definition) is 5. The maximum Gasteiger partial charge on any atom is 0.254 e.